The summed E-state index contributed by atoms with van der Waals surface area (Å²) >= 11 is 0. The minimum Gasteiger partial charge on any atom is -0.462 e. The van der Waals surface area contributed by atoms with E-state index in [0.29, 0.717) is 18.1 Å². The van der Waals surface area contributed by atoms with Crippen LogP contribution in [0.25, 0.3) is 11.1 Å². The molecule has 0 fully saturated rings. The molecule has 0 radical (unpaired) electrons. The highest BCUT2D eigenvalue weighted by molar-refractivity contribution is 7.91. The second-order valence-corrected chi connectivity index (χ2v) is 14.8. The molecule has 0 heterocycles. The van der Waals surface area contributed by atoms with Crippen molar-refractivity contribution >= 4 is 26.3 Å². The van der Waals surface area contributed by atoms with E-state index in [4.69, 9.17) is 0 Å². The molecule has 0 amide bonds. The third-order valence-electron chi connectivity index (χ3n) is 6.49. The molecular formula is C34H34F3NO6S2. The van der Waals surface area contributed by atoms with Gasteiger partial charge in [0.25, 0.3) is 6.47 Å². The molecule has 4 rings (SSSR count). The van der Waals surface area contributed by atoms with Crippen molar-refractivity contribution in [3.8, 4) is 11.1 Å². The van der Waals surface area contributed by atoms with Gasteiger partial charge in [0.05, 0.1) is 15.4 Å². The summed E-state index contributed by atoms with van der Waals surface area (Å²) in [5.41, 5.74) is 0.150. The normalized spacial score (nSPS) is 12.7. The first kappa shape index (κ1) is 36.2. The maximum absolute atomic E-state index is 13.9. The number of benzene rings is 4. The Hall–Kier alpha value is -4.26. The van der Waals surface area contributed by atoms with Crippen molar-refractivity contribution in [2.75, 3.05) is 0 Å². The van der Waals surface area contributed by atoms with Gasteiger partial charge in [-0.15, -0.1) is 6.58 Å². The molecule has 1 N–H and O–H groups in total. The summed E-state index contributed by atoms with van der Waals surface area (Å²) in [6, 6.07) is 25.9. The molecule has 46 heavy (non-hydrogen) atoms. The molecule has 1 atom stereocenters. The van der Waals surface area contributed by atoms with Gasteiger partial charge in [0.1, 0.15) is 10.9 Å². The number of sulfonamides is 1. The number of rotatable bonds is 10. The Labute approximate surface area is 267 Å². The number of sulfone groups is 1. The summed E-state index contributed by atoms with van der Waals surface area (Å²) < 4.78 is 101. The zero-order valence-corrected chi connectivity index (χ0v) is 27.0. The van der Waals surface area contributed by atoms with Crippen molar-refractivity contribution in [3.63, 3.8) is 0 Å². The summed E-state index contributed by atoms with van der Waals surface area (Å²) in [6.45, 7) is 9.17. The topological polar surface area (TPSA) is 107 Å². The van der Waals surface area contributed by atoms with Crippen molar-refractivity contribution in [1.29, 1.82) is 0 Å². The van der Waals surface area contributed by atoms with E-state index in [2.05, 4.69) is 16.0 Å². The minimum absolute atomic E-state index is 0.134. The van der Waals surface area contributed by atoms with Crippen molar-refractivity contribution in [2.24, 2.45) is 0 Å². The van der Waals surface area contributed by atoms with E-state index in [0.717, 1.165) is 29.3 Å². The molecule has 244 valence electrons. The minimum atomic E-state index is -4.94. The predicted molar refractivity (Wildman–Crippen MR) is 171 cm³/mol. The Morgan fingerprint density at radius 3 is 1.80 bits per heavy atom. The molecular weight excluding hydrogens is 640 g/mol. The van der Waals surface area contributed by atoms with Crippen molar-refractivity contribution < 1.29 is 39.5 Å². The van der Waals surface area contributed by atoms with Crippen LogP contribution >= 0.6 is 0 Å². The number of alkyl halides is 3. The summed E-state index contributed by atoms with van der Waals surface area (Å²) in [5.74, 6) is 0. The van der Waals surface area contributed by atoms with Crippen LogP contribution in [0.15, 0.2) is 126 Å². The predicted octanol–water partition coefficient (Wildman–Crippen LogP) is 7.51. The molecule has 7 nitrogen and oxygen atoms in total. The second kappa shape index (κ2) is 14.9. The quantitative estimate of drug-likeness (QED) is 0.138. The van der Waals surface area contributed by atoms with Crippen molar-refractivity contribution in [3.05, 3.63) is 132 Å². The second-order valence-electron chi connectivity index (χ2n) is 11.0. The highest BCUT2D eigenvalue weighted by atomic mass is 32.2. The monoisotopic (exact) mass is 673 g/mol. The first-order chi connectivity index (χ1) is 21.5. The zero-order valence-electron chi connectivity index (χ0n) is 25.4. The molecule has 0 saturated carbocycles. The van der Waals surface area contributed by atoms with Crippen LogP contribution in [0.5, 0.6) is 0 Å². The van der Waals surface area contributed by atoms with Gasteiger partial charge in [-0.25, -0.2) is 21.6 Å². The van der Waals surface area contributed by atoms with Gasteiger partial charge in [-0.2, -0.15) is 13.2 Å². The standard InChI is InChI=1S/C29H24F3NO4S2.C5H10O2/c1-2-28(39(36,37)33-20-21-13-15-23(16-14-21)22-9-5-3-6-10-22)26-19-25(17-18-27(26)29(30,31)32)38(34,35)24-11-7-4-8-12-24;1-5(2,3)7-4-6/h2-19,28,33H,1,20H2;4H,1-3H3. The SMILES string of the molecule is C=CC(c1cc(S(=O)(=O)c2ccccc2)ccc1C(F)(F)F)S(=O)(=O)NCc1ccc(-c2ccccc2)cc1.CC(C)(C)OC=O. The van der Waals surface area contributed by atoms with Gasteiger partial charge in [-0.3, -0.25) is 4.79 Å². The third kappa shape index (κ3) is 9.62. The van der Waals surface area contributed by atoms with E-state index in [1.807, 2.05) is 63.2 Å². The van der Waals surface area contributed by atoms with Crippen LogP contribution in [-0.2, 0) is 42.1 Å². The lowest BCUT2D eigenvalue weighted by Gasteiger charge is -2.21. The fraction of sp³-hybridized carbons (Fsp3) is 0.206. The van der Waals surface area contributed by atoms with Gasteiger partial charge in [0.2, 0.25) is 19.9 Å². The van der Waals surface area contributed by atoms with Crippen LogP contribution in [0.1, 0.15) is 42.7 Å². The van der Waals surface area contributed by atoms with Crippen LogP contribution in [0, 0.1) is 0 Å². The van der Waals surface area contributed by atoms with E-state index in [-0.39, 0.29) is 17.0 Å². The molecule has 4 aromatic carbocycles. The van der Waals surface area contributed by atoms with E-state index in [9.17, 15) is 34.8 Å². The molecule has 12 heteroatoms. The van der Waals surface area contributed by atoms with Crippen LogP contribution in [0.3, 0.4) is 0 Å². The van der Waals surface area contributed by atoms with Gasteiger partial charge in [-0.05, 0) is 73.4 Å². The molecule has 0 saturated heterocycles. The van der Waals surface area contributed by atoms with E-state index < -0.39 is 47.3 Å². The number of hydrogen-bond donors (Lipinski definition) is 1. The van der Waals surface area contributed by atoms with Crippen molar-refractivity contribution in [2.45, 2.75) is 54.1 Å². The van der Waals surface area contributed by atoms with Crippen molar-refractivity contribution in [1.82, 2.24) is 4.72 Å². The van der Waals surface area contributed by atoms with Gasteiger partial charge in [0.15, 0.2) is 0 Å². The van der Waals surface area contributed by atoms with Gasteiger partial charge >= 0.3 is 6.18 Å². The number of halogens is 3. The Morgan fingerprint density at radius 2 is 1.33 bits per heavy atom. The van der Waals surface area contributed by atoms with E-state index >= 15 is 0 Å². The lowest BCUT2D eigenvalue weighted by molar-refractivity contribution is -0.139. The number of carbonyl (C=O) groups excluding carboxylic acids is 1. The molecule has 0 bridgehead atoms. The van der Waals surface area contributed by atoms with Gasteiger partial charge in [0, 0.05) is 6.54 Å². The number of ether oxygens (including phenoxy) is 1. The van der Waals surface area contributed by atoms with Crippen LogP contribution in [0.2, 0.25) is 0 Å². The first-order valence-electron chi connectivity index (χ1n) is 13.9. The average molecular weight is 674 g/mol. The molecule has 1 unspecified atom stereocenters. The Bertz CT molecular complexity index is 1840. The summed E-state index contributed by atoms with van der Waals surface area (Å²) in [5, 5.41) is -1.87. The molecule has 0 aliphatic heterocycles. The Kier molecular flexibility index (Phi) is 11.7. The fourth-order valence-electron chi connectivity index (χ4n) is 4.22. The van der Waals surface area contributed by atoms with E-state index in [1.165, 1.54) is 24.3 Å². The number of carbonyl (C=O) groups is 1. The zero-order chi connectivity index (χ0) is 34.2. The Balaban J connectivity index is 0.000000738. The smallest absolute Gasteiger partial charge is 0.416 e. The largest absolute Gasteiger partial charge is 0.462 e. The fourth-order valence-corrected chi connectivity index (χ4v) is 6.87. The van der Waals surface area contributed by atoms with Crippen LogP contribution in [-0.4, -0.2) is 28.9 Å². The lowest BCUT2D eigenvalue weighted by atomic mass is 10.0. The van der Waals surface area contributed by atoms with Crippen LogP contribution < -0.4 is 4.72 Å². The number of nitrogens with one attached hydrogen (secondary N) is 1. The maximum atomic E-state index is 13.9. The Morgan fingerprint density at radius 1 is 0.783 bits per heavy atom. The van der Waals surface area contributed by atoms with Gasteiger partial charge < -0.3 is 4.74 Å². The maximum Gasteiger partial charge on any atom is 0.416 e. The third-order valence-corrected chi connectivity index (χ3v) is 9.92. The molecule has 0 spiro atoms. The van der Waals surface area contributed by atoms with Crippen LogP contribution in [0.4, 0.5) is 13.2 Å². The molecule has 4 aromatic rings. The number of hydrogen-bond acceptors (Lipinski definition) is 6. The molecule has 0 aliphatic rings. The average Bonchev–Trinajstić information content (AvgIpc) is 3.00. The van der Waals surface area contributed by atoms with E-state index in [1.54, 1.807) is 18.2 Å². The first-order valence-corrected chi connectivity index (χ1v) is 16.9. The molecule has 0 aliphatic carbocycles. The highest BCUT2D eigenvalue weighted by Crippen LogP contribution is 2.39. The highest BCUT2D eigenvalue weighted by Gasteiger charge is 2.39. The van der Waals surface area contributed by atoms with Gasteiger partial charge in [-0.1, -0.05) is 78.9 Å². The summed E-state index contributed by atoms with van der Waals surface area (Å²) in [6.07, 6.45) is -4.08. The molecule has 0 aromatic heterocycles. The summed E-state index contributed by atoms with van der Waals surface area (Å²) in [4.78, 5) is 9.00. The lowest BCUT2D eigenvalue weighted by Crippen LogP contribution is -2.29. The summed E-state index contributed by atoms with van der Waals surface area (Å²) in [7, 11) is -8.67.